The summed E-state index contributed by atoms with van der Waals surface area (Å²) in [4.78, 5) is 13.1. The zero-order valence-corrected chi connectivity index (χ0v) is 11.8. The van der Waals surface area contributed by atoms with Gasteiger partial charge in [-0.15, -0.1) is 0 Å². The molecule has 110 valence electrons. The highest BCUT2D eigenvalue weighted by Gasteiger charge is 2.24. The first-order chi connectivity index (χ1) is 9.29. The van der Waals surface area contributed by atoms with Crippen molar-refractivity contribution in [1.29, 1.82) is 0 Å². The minimum Gasteiger partial charge on any atom is -0.397 e. The zero-order chi connectivity index (χ0) is 14.9. The number of anilines is 2. The van der Waals surface area contributed by atoms with Gasteiger partial charge in [0.05, 0.1) is 16.3 Å². The molecule has 1 aliphatic heterocycles. The van der Waals surface area contributed by atoms with Crippen LogP contribution in [0.5, 0.6) is 0 Å². The molecule has 8 heteroatoms. The van der Waals surface area contributed by atoms with E-state index in [0.717, 1.165) is 5.69 Å². The van der Waals surface area contributed by atoms with E-state index in [1.165, 1.54) is 12.1 Å². The number of carbonyl (C=O) groups excluding carboxylic acids is 1. The summed E-state index contributed by atoms with van der Waals surface area (Å²) in [5.74, 6) is -0.377. The zero-order valence-electron chi connectivity index (χ0n) is 11.0. The van der Waals surface area contributed by atoms with Crippen LogP contribution in [0.15, 0.2) is 23.1 Å². The first kappa shape index (κ1) is 14.6. The Balaban J connectivity index is 2.17. The normalized spacial score (nSPS) is 17.1. The van der Waals surface area contributed by atoms with Crippen molar-refractivity contribution < 1.29 is 13.2 Å². The number of rotatable bonds is 3. The Morgan fingerprint density at radius 1 is 1.25 bits per heavy atom. The number of sulfonamides is 1. The Labute approximate surface area is 117 Å². The van der Waals surface area contributed by atoms with E-state index < -0.39 is 10.0 Å². The molecule has 1 amide bonds. The van der Waals surface area contributed by atoms with Gasteiger partial charge >= 0.3 is 0 Å². The molecule has 0 aromatic heterocycles. The Bertz CT molecular complexity index is 622. The second-order valence-electron chi connectivity index (χ2n) is 4.93. The number of benzene rings is 1. The lowest BCUT2D eigenvalue weighted by molar-refractivity contribution is -0.122. The van der Waals surface area contributed by atoms with Crippen LogP contribution in [-0.4, -0.2) is 27.4 Å². The fourth-order valence-corrected chi connectivity index (χ4v) is 2.95. The monoisotopic (exact) mass is 298 g/mol. The number of nitrogens with zero attached hydrogens (tertiary/aromatic N) is 1. The summed E-state index contributed by atoms with van der Waals surface area (Å²) in [7, 11) is -3.75. The number of nitrogen functional groups attached to an aromatic ring is 1. The van der Waals surface area contributed by atoms with Crippen LogP contribution in [0.3, 0.4) is 0 Å². The highest BCUT2D eigenvalue weighted by Crippen LogP contribution is 2.29. The first-order valence-corrected chi connectivity index (χ1v) is 7.80. The predicted molar refractivity (Wildman–Crippen MR) is 76.4 cm³/mol. The van der Waals surface area contributed by atoms with Crippen LogP contribution in [0, 0.1) is 5.92 Å². The van der Waals surface area contributed by atoms with Crippen molar-refractivity contribution in [1.82, 2.24) is 0 Å². The fourth-order valence-electron chi connectivity index (χ4n) is 2.40. The van der Waals surface area contributed by atoms with Crippen molar-refractivity contribution in [3.63, 3.8) is 0 Å². The molecule has 0 bridgehead atoms. The molecule has 7 nitrogen and oxygen atoms in total. The third-order valence-corrected chi connectivity index (χ3v) is 4.48. The van der Waals surface area contributed by atoms with Crippen molar-refractivity contribution in [2.75, 3.05) is 23.7 Å². The van der Waals surface area contributed by atoms with Crippen LogP contribution >= 0.6 is 0 Å². The maximum Gasteiger partial charge on any atom is 0.238 e. The summed E-state index contributed by atoms with van der Waals surface area (Å²) in [6.07, 6.45) is 1.34. The molecule has 1 aromatic carbocycles. The summed E-state index contributed by atoms with van der Waals surface area (Å²) in [5, 5.41) is 5.06. The summed E-state index contributed by atoms with van der Waals surface area (Å²) < 4.78 is 22.5. The summed E-state index contributed by atoms with van der Waals surface area (Å²) in [6.45, 7) is 1.32. The van der Waals surface area contributed by atoms with Gasteiger partial charge in [-0.3, -0.25) is 4.79 Å². The molecule has 1 heterocycles. The Kier molecular flexibility index (Phi) is 3.87. The van der Waals surface area contributed by atoms with Gasteiger partial charge in [0.25, 0.3) is 0 Å². The van der Waals surface area contributed by atoms with Crippen LogP contribution < -0.4 is 21.5 Å². The molecule has 1 aliphatic rings. The number of carbonyl (C=O) groups is 1. The lowest BCUT2D eigenvalue weighted by Crippen LogP contribution is -2.38. The standard InChI is InChI=1S/C12H18N4O3S/c13-10-7-9(20(15,18)19)1-2-11(10)16-5-3-8(4-6-16)12(14)17/h1-2,7-8H,3-6,13H2,(H2,14,17)(H2,15,18,19). The number of primary sulfonamides is 1. The summed E-state index contributed by atoms with van der Waals surface area (Å²) >= 11 is 0. The van der Waals surface area contributed by atoms with E-state index in [9.17, 15) is 13.2 Å². The first-order valence-electron chi connectivity index (χ1n) is 6.25. The molecule has 20 heavy (non-hydrogen) atoms. The maximum atomic E-state index is 11.2. The molecule has 1 saturated heterocycles. The topological polar surface area (TPSA) is 133 Å². The molecule has 2 rings (SSSR count). The van der Waals surface area contributed by atoms with Crippen molar-refractivity contribution in [2.24, 2.45) is 16.8 Å². The largest absolute Gasteiger partial charge is 0.397 e. The van der Waals surface area contributed by atoms with Crippen molar-refractivity contribution >= 4 is 27.3 Å². The van der Waals surface area contributed by atoms with Crippen molar-refractivity contribution in [3.05, 3.63) is 18.2 Å². The van der Waals surface area contributed by atoms with Gasteiger partial charge < -0.3 is 16.4 Å². The third kappa shape index (κ3) is 3.02. The Morgan fingerprint density at radius 3 is 2.30 bits per heavy atom. The molecule has 0 spiro atoms. The van der Waals surface area contributed by atoms with E-state index in [-0.39, 0.29) is 16.7 Å². The SMILES string of the molecule is NC(=O)C1CCN(c2ccc(S(N)(=O)=O)cc2N)CC1. The average molecular weight is 298 g/mol. The predicted octanol–water partition coefficient (Wildman–Crippen LogP) is -0.382. The smallest absolute Gasteiger partial charge is 0.238 e. The van der Waals surface area contributed by atoms with Gasteiger partial charge in [0.1, 0.15) is 0 Å². The van der Waals surface area contributed by atoms with Gasteiger partial charge in [-0.25, -0.2) is 13.6 Å². The van der Waals surface area contributed by atoms with E-state index in [1.807, 2.05) is 4.90 Å². The number of nitrogens with two attached hydrogens (primary N) is 3. The van der Waals surface area contributed by atoms with Crippen LogP contribution in [0.1, 0.15) is 12.8 Å². The van der Waals surface area contributed by atoms with Crippen molar-refractivity contribution in [2.45, 2.75) is 17.7 Å². The lowest BCUT2D eigenvalue weighted by atomic mass is 9.96. The van der Waals surface area contributed by atoms with Gasteiger partial charge in [0.15, 0.2) is 0 Å². The fraction of sp³-hybridized carbons (Fsp3) is 0.417. The molecular weight excluding hydrogens is 280 g/mol. The molecular formula is C12H18N4O3S. The minimum absolute atomic E-state index is 0.00854. The van der Waals surface area contributed by atoms with Gasteiger partial charge in [0, 0.05) is 19.0 Å². The Hall–Kier alpha value is -1.80. The van der Waals surface area contributed by atoms with E-state index in [1.54, 1.807) is 6.07 Å². The minimum atomic E-state index is -3.75. The van der Waals surface area contributed by atoms with Gasteiger partial charge in [-0.2, -0.15) is 0 Å². The van der Waals surface area contributed by atoms with E-state index >= 15 is 0 Å². The van der Waals surface area contributed by atoms with Crippen LogP contribution in [0.25, 0.3) is 0 Å². The quantitative estimate of drug-likeness (QED) is 0.654. The maximum absolute atomic E-state index is 11.2. The molecule has 0 saturated carbocycles. The van der Waals surface area contributed by atoms with Crippen LogP contribution in [-0.2, 0) is 14.8 Å². The third-order valence-electron chi connectivity index (χ3n) is 3.57. The molecule has 0 unspecified atom stereocenters. The van der Waals surface area contributed by atoms with Crippen LogP contribution in [0.4, 0.5) is 11.4 Å². The molecule has 0 atom stereocenters. The molecule has 0 radical (unpaired) electrons. The van der Waals surface area contributed by atoms with E-state index in [0.29, 0.717) is 31.6 Å². The number of primary amides is 1. The number of amides is 1. The van der Waals surface area contributed by atoms with Crippen LogP contribution in [0.2, 0.25) is 0 Å². The molecule has 1 fully saturated rings. The molecule has 0 aliphatic carbocycles. The lowest BCUT2D eigenvalue weighted by Gasteiger charge is -2.33. The highest BCUT2D eigenvalue weighted by molar-refractivity contribution is 7.89. The number of hydrogen-bond donors (Lipinski definition) is 3. The number of piperidine rings is 1. The van der Waals surface area contributed by atoms with Gasteiger partial charge in [-0.1, -0.05) is 0 Å². The summed E-state index contributed by atoms with van der Waals surface area (Å²) in [5.41, 5.74) is 12.3. The van der Waals surface area contributed by atoms with Gasteiger partial charge in [0.2, 0.25) is 15.9 Å². The molecule has 1 aromatic rings. The highest BCUT2D eigenvalue weighted by atomic mass is 32.2. The Morgan fingerprint density at radius 2 is 1.85 bits per heavy atom. The number of hydrogen-bond acceptors (Lipinski definition) is 5. The second-order valence-corrected chi connectivity index (χ2v) is 6.49. The van der Waals surface area contributed by atoms with Crippen molar-refractivity contribution in [3.8, 4) is 0 Å². The average Bonchev–Trinajstić information content (AvgIpc) is 2.37. The molecule has 6 N–H and O–H groups in total. The van der Waals surface area contributed by atoms with E-state index in [4.69, 9.17) is 16.6 Å². The second kappa shape index (κ2) is 5.29. The summed E-state index contributed by atoms with van der Waals surface area (Å²) in [6, 6.07) is 4.42. The van der Waals surface area contributed by atoms with Gasteiger partial charge in [-0.05, 0) is 31.0 Å². The van der Waals surface area contributed by atoms with E-state index in [2.05, 4.69) is 0 Å².